The number of likely N-dealkylation sites (N-methyl/N-ethyl adjacent to an activating group) is 1. The van der Waals surface area contributed by atoms with Crippen LogP contribution in [0, 0.1) is 0 Å². The molecular weight excluding hydrogens is 210 g/mol. The van der Waals surface area contributed by atoms with Gasteiger partial charge in [0.1, 0.15) is 0 Å². The molecule has 0 atom stereocenters. The molecule has 0 aromatic heterocycles. The van der Waals surface area contributed by atoms with Crippen molar-refractivity contribution in [1.82, 2.24) is 5.32 Å². The summed E-state index contributed by atoms with van der Waals surface area (Å²) >= 11 is 0. The van der Waals surface area contributed by atoms with E-state index in [0.29, 0.717) is 11.4 Å². The van der Waals surface area contributed by atoms with Gasteiger partial charge in [0.2, 0.25) is 0 Å². The Balaban J connectivity index is 2.21. The zero-order chi connectivity index (χ0) is 12.3. The van der Waals surface area contributed by atoms with Gasteiger partial charge in [-0.05, 0) is 41.8 Å². The molecule has 1 aliphatic rings. The maximum Gasteiger partial charge on any atom is 0.0408 e. The van der Waals surface area contributed by atoms with E-state index >= 15 is 0 Å². The van der Waals surface area contributed by atoms with E-state index < -0.39 is 0 Å². The maximum absolute atomic E-state index is 5.92. The van der Waals surface area contributed by atoms with Crippen LogP contribution >= 0.6 is 0 Å². The molecule has 17 heavy (non-hydrogen) atoms. The summed E-state index contributed by atoms with van der Waals surface area (Å²) in [6, 6.07) is 5.60. The van der Waals surface area contributed by atoms with Crippen LogP contribution in [0.15, 0.2) is 47.7 Å². The van der Waals surface area contributed by atoms with Crippen LogP contribution in [0.2, 0.25) is 0 Å². The molecule has 3 nitrogen and oxygen atoms in total. The minimum absolute atomic E-state index is 0.696. The van der Waals surface area contributed by atoms with Gasteiger partial charge in [-0.2, -0.15) is 0 Å². The van der Waals surface area contributed by atoms with Crippen LogP contribution in [0.25, 0.3) is 6.08 Å². The number of hydrogen-bond acceptors (Lipinski definition) is 3. The van der Waals surface area contributed by atoms with Gasteiger partial charge in [0.25, 0.3) is 0 Å². The van der Waals surface area contributed by atoms with Gasteiger partial charge in [-0.1, -0.05) is 18.2 Å². The molecule has 88 valence electrons. The Morgan fingerprint density at radius 2 is 2.06 bits per heavy atom. The fraction of sp³-hybridized carbons (Fsp3) is 0.143. The van der Waals surface area contributed by atoms with E-state index in [1.165, 1.54) is 5.57 Å². The first-order valence-corrected chi connectivity index (χ1v) is 5.60. The number of nitrogen functional groups attached to an aromatic ring is 2. The van der Waals surface area contributed by atoms with Crippen molar-refractivity contribution in [3.05, 3.63) is 53.3 Å². The molecule has 0 saturated heterocycles. The van der Waals surface area contributed by atoms with Crippen molar-refractivity contribution < 1.29 is 0 Å². The van der Waals surface area contributed by atoms with Crippen LogP contribution in [0.1, 0.15) is 12.0 Å². The summed E-state index contributed by atoms with van der Waals surface area (Å²) in [4.78, 5) is 0. The molecule has 0 unspecified atom stereocenters. The molecule has 3 heteroatoms. The molecule has 0 heterocycles. The largest absolute Gasteiger partial charge is 0.399 e. The molecule has 1 aromatic rings. The molecule has 0 aliphatic heterocycles. The highest BCUT2D eigenvalue weighted by Crippen LogP contribution is 2.22. The van der Waals surface area contributed by atoms with Crippen LogP contribution in [0.4, 0.5) is 11.4 Å². The Morgan fingerprint density at radius 1 is 1.24 bits per heavy atom. The van der Waals surface area contributed by atoms with Gasteiger partial charge in [0, 0.05) is 24.1 Å². The molecule has 0 radical (unpaired) electrons. The first kappa shape index (κ1) is 11.3. The number of nitrogens with two attached hydrogens (primary N) is 2. The zero-order valence-electron chi connectivity index (χ0n) is 9.90. The second kappa shape index (κ2) is 4.78. The van der Waals surface area contributed by atoms with Crippen molar-refractivity contribution in [3.63, 3.8) is 0 Å². The third-order valence-electron chi connectivity index (χ3n) is 2.78. The summed E-state index contributed by atoms with van der Waals surface area (Å²) in [5.74, 6) is 0. The average Bonchev–Trinajstić information content (AvgIpc) is 2.34. The van der Waals surface area contributed by atoms with Crippen LogP contribution in [0.5, 0.6) is 0 Å². The van der Waals surface area contributed by atoms with E-state index in [1.54, 1.807) is 6.07 Å². The van der Waals surface area contributed by atoms with Gasteiger partial charge in [0.15, 0.2) is 0 Å². The summed E-state index contributed by atoms with van der Waals surface area (Å²) in [5.41, 5.74) is 16.4. The normalized spacial score (nSPS) is 17.0. The summed E-state index contributed by atoms with van der Waals surface area (Å²) < 4.78 is 0. The van der Waals surface area contributed by atoms with Crippen LogP contribution in [-0.4, -0.2) is 7.05 Å². The molecule has 0 saturated carbocycles. The van der Waals surface area contributed by atoms with Gasteiger partial charge < -0.3 is 16.8 Å². The third-order valence-corrected chi connectivity index (χ3v) is 2.78. The Kier molecular flexibility index (Phi) is 3.19. The van der Waals surface area contributed by atoms with Gasteiger partial charge in [-0.25, -0.2) is 0 Å². The predicted octanol–water partition coefficient (Wildman–Crippen LogP) is 2.30. The van der Waals surface area contributed by atoms with Gasteiger partial charge in [0.05, 0.1) is 0 Å². The summed E-state index contributed by atoms with van der Waals surface area (Å²) in [5, 5.41) is 3.11. The van der Waals surface area contributed by atoms with E-state index in [9.17, 15) is 0 Å². The van der Waals surface area contributed by atoms with Crippen molar-refractivity contribution in [2.24, 2.45) is 0 Å². The first-order valence-electron chi connectivity index (χ1n) is 5.60. The van der Waals surface area contributed by atoms with E-state index in [0.717, 1.165) is 17.7 Å². The maximum atomic E-state index is 5.92. The molecule has 0 spiro atoms. The van der Waals surface area contributed by atoms with Gasteiger partial charge in [-0.15, -0.1) is 0 Å². The summed E-state index contributed by atoms with van der Waals surface area (Å²) in [7, 11) is 1.92. The Labute approximate surface area is 102 Å². The van der Waals surface area contributed by atoms with Crippen LogP contribution in [0.3, 0.4) is 0 Å². The van der Waals surface area contributed by atoms with Crippen molar-refractivity contribution in [2.75, 3.05) is 18.5 Å². The first-order chi connectivity index (χ1) is 8.19. The number of rotatable bonds is 2. The number of benzene rings is 1. The molecule has 0 bridgehead atoms. The summed E-state index contributed by atoms with van der Waals surface area (Å²) in [6.45, 7) is 0. The van der Waals surface area contributed by atoms with Crippen molar-refractivity contribution in [3.8, 4) is 0 Å². The fourth-order valence-electron chi connectivity index (χ4n) is 1.78. The van der Waals surface area contributed by atoms with E-state index in [2.05, 4.69) is 29.6 Å². The number of nitrogens with one attached hydrogen (secondary N) is 1. The molecule has 1 aliphatic carbocycles. The number of anilines is 2. The fourth-order valence-corrected chi connectivity index (χ4v) is 1.78. The standard InChI is InChI=1S/C14H17N3/c1-17-13-6-2-10(3-7-13)8-11-4-5-12(15)9-14(11)16/h2,4-9,17H,3,15-16H2,1H3/b10-8-. The highest BCUT2D eigenvalue weighted by atomic mass is 14.8. The topological polar surface area (TPSA) is 64.1 Å². The monoisotopic (exact) mass is 227 g/mol. The number of hydrogen-bond donors (Lipinski definition) is 3. The van der Waals surface area contributed by atoms with E-state index in [4.69, 9.17) is 11.5 Å². The lowest BCUT2D eigenvalue weighted by Crippen LogP contribution is -2.05. The minimum Gasteiger partial charge on any atom is -0.399 e. The highest BCUT2D eigenvalue weighted by molar-refractivity contribution is 5.71. The van der Waals surface area contributed by atoms with Crippen molar-refractivity contribution in [2.45, 2.75) is 6.42 Å². The molecule has 2 rings (SSSR count). The quantitative estimate of drug-likeness (QED) is 0.679. The zero-order valence-corrected chi connectivity index (χ0v) is 9.90. The van der Waals surface area contributed by atoms with E-state index in [-0.39, 0.29) is 0 Å². The minimum atomic E-state index is 0.696. The molecular formula is C14H17N3. The van der Waals surface area contributed by atoms with Crippen molar-refractivity contribution >= 4 is 17.5 Å². The Hall–Kier alpha value is -2.16. The smallest absolute Gasteiger partial charge is 0.0408 e. The Morgan fingerprint density at radius 3 is 2.65 bits per heavy atom. The van der Waals surface area contributed by atoms with Crippen molar-refractivity contribution in [1.29, 1.82) is 0 Å². The average molecular weight is 227 g/mol. The van der Waals surface area contributed by atoms with Gasteiger partial charge in [-0.3, -0.25) is 0 Å². The molecule has 0 amide bonds. The van der Waals surface area contributed by atoms with Gasteiger partial charge >= 0.3 is 0 Å². The lowest BCUT2D eigenvalue weighted by molar-refractivity contribution is 1.00. The SMILES string of the molecule is CNC1=CC/C(=C\c2ccc(N)cc2N)C=C1. The predicted molar refractivity (Wildman–Crippen MR) is 74.1 cm³/mol. The van der Waals surface area contributed by atoms with Crippen LogP contribution < -0.4 is 16.8 Å². The lowest BCUT2D eigenvalue weighted by atomic mass is 10.0. The van der Waals surface area contributed by atoms with E-state index in [1.807, 2.05) is 19.2 Å². The third kappa shape index (κ3) is 2.69. The van der Waals surface area contributed by atoms with Crippen LogP contribution in [-0.2, 0) is 0 Å². The summed E-state index contributed by atoms with van der Waals surface area (Å²) in [6.07, 6.45) is 9.31. The molecule has 5 N–H and O–H groups in total. The molecule has 0 fully saturated rings. The Bertz CT molecular complexity index is 510. The highest BCUT2D eigenvalue weighted by Gasteiger charge is 2.02. The number of allylic oxidation sites excluding steroid dienone is 4. The second-order valence-corrected chi connectivity index (χ2v) is 4.05. The lowest BCUT2D eigenvalue weighted by Gasteiger charge is -2.09. The second-order valence-electron chi connectivity index (χ2n) is 4.05. The molecule has 1 aromatic carbocycles.